The molecule has 0 bridgehead atoms. The van der Waals surface area contributed by atoms with Crippen molar-refractivity contribution in [2.45, 2.75) is 58.5 Å². The van der Waals surface area contributed by atoms with Gasteiger partial charge in [0.25, 0.3) is 0 Å². The second-order valence-electron chi connectivity index (χ2n) is 5.10. The first kappa shape index (κ1) is 12.1. The van der Waals surface area contributed by atoms with Gasteiger partial charge in [0.05, 0.1) is 6.10 Å². The molecule has 2 atom stereocenters. The Morgan fingerprint density at radius 3 is 2.94 bits per heavy atom. The maximum atomic E-state index is 10.2. The molecule has 0 spiro atoms. The fourth-order valence-electron chi connectivity index (χ4n) is 2.62. The largest absolute Gasteiger partial charge is 0.388 e. The van der Waals surface area contributed by atoms with Gasteiger partial charge >= 0.3 is 0 Å². The third-order valence-corrected chi connectivity index (χ3v) is 4.84. The van der Waals surface area contributed by atoms with Gasteiger partial charge < -0.3 is 5.11 Å². The van der Waals surface area contributed by atoms with Gasteiger partial charge in [0, 0.05) is 9.75 Å². The Kier molecular flexibility index (Phi) is 4.04. The lowest BCUT2D eigenvalue weighted by Crippen LogP contribution is -2.02. The first-order valence-electron chi connectivity index (χ1n) is 6.50. The van der Waals surface area contributed by atoms with Crippen LogP contribution in [0.4, 0.5) is 0 Å². The molecular weight excluding hydrogens is 216 g/mol. The molecule has 16 heavy (non-hydrogen) atoms. The van der Waals surface area contributed by atoms with Crippen molar-refractivity contribution in [2.24, 2.45) is 5.92 Å². The van der Waals surface area contributed by atoms with Gasteiger partial charge in [-0.05, 0) is 43.2 Å². The second-order valence-corrected chi connectivity index (χ2v) is 6.26. The van der Waals surface area contributed by atoms with E-state index in [0.717, 1.165) is 6.42 Å². The molecule has 0 aliphatic heterocycles. The Morgan fingerprint density at radius 2 is 2.25 bits per heavy atom. The van der Waals surface area contributed by atoms with Crippen molar-refractivity contribution >= 4 is 11.3 Å². The molecule has 1 aromatic rings. The Balaban J connectivity index is 1.95. The molecule has 0 fully saturated rings. The van der Waals surface area contributed by atoms with Crippen LogP contribution in [-0.4, -0.2) is 5.11 Å². The summed E-state index contributed by atoms with van der Waals surface area (Å²) in [4.78, 5) is 2.73. The van der Waals surface area contributed by atoms with Crippen LogP contribution in [0.2, 0.25) is 0 Å². The number of aliphatic hydroxyl groups excluding tert-OH is 1. The molecule has 0 radical (unpaired) electrons. The fourth-order valence-corrected chi connectivity index (χ4v) is 3.88. The highest BCUT2D eigenvalue weighted by atomic mass is 32.1. The summed E-state index contributed by atoms with van der Waals surface area (Å²) in [6.07, 6.45) is 6.91. The smallest absolute Gasteiger partial charge is 0.0884 e. The zero-order chi connectivity index (χ0) is 11.5. The average molecular weight is 238 g/mol. The van der Waals surface area contributed by atoms with Crippen LogP contribution in [-0.2, 0) is 12.8 Å². The number of aryl methyl sites for hydroxylation is 2. The number of thiophene rings is 1. The molecule has 0 amide bonds. The molecule has 1 aliphatic rings. The predicted molar refractivity (Wildman–Crippen MR) is 70.0 cm³/mol. The summed E-state index contributed by atoms with van der Waals surface area (Å²) in [6.45, 7) is 4.45. The monoisotopic (exact) mass is 238 g/mol. The molecule has 1 N–H and O–H groups in total. The van der Waals surface area contributed by atoms with Crippen molar-refractivity contribution < 1.29 is 5.11 Å². The van der Waals surface area contributed by atoms with E-state index in [9.17, 15) is 5.11 Å². The highest BCUT2D eigenvalue weighted by Crippen LogP contribution is 2.36. The first-order chi connectivity index (χ1) is 7.70. The lowest BCUT2D eigenvalue weighted by molar-refractivity contribution is 0.148. The van der Waals surface area contributed by atoms with E-state index >= 15 is 0 Å². The summed E-state index contributed by atoms with van der Waals surface area (Å²) in [5.41, 5.74) is 1.50. The molecule has 1 aliphatic carbocycles. The second kappa shape index (κ2) is 5.33. The van der Waals surface area contributed by atoms with Crippen LogP contribution in [0.1, 0.15) is 61.0 Å². The van der Waals surface area contributed by atoms with Crippen LogP contribution in [0, 0.1) is 5.92 Å². The summed E-state index contributed by atoms with van der Waals surface area (Å²) in [7, 11) is 0. The van der Waals surface area contributed by atoms with E-state index in [1.165, 1.54) is 47.4 Å². The zero-order valence-corrected chi connectivity index (χ0v) is 11.1. The summed E-state index contributed by atoms with van der Waals surface area (Å²) in [6, 6.07) is 2.25. The maximum Gasteiger partial charge on any atom is 0.0884 e. The van der Waals surface area contributed by atoms with Gasteiger partial charge in [-0.15, -0.1) is 11.3 Å². The van der Waals surface area contributed by atoms with Crippen molar-refractivity contribution in [3.8, 4) is 0 Å². The number of hydrogen-bond acceptors (Lipinski definition) is 2. The number of hydrogen-bond donors (Lipinski definition) is 1. The minimum absolute atomic E-state index is 0.225. The topological polar surface area (TPSA) is 20.2 Å². The Bertz CT molecular complexity index is 321. The van der Waals surface area contributed by atoms with E-state index < -0.39 is 0 Å². The summed E-state index contributed by atoms with van der Waals surface area (Å²) in [5, 5.41) is 10.2. The van der Waals surface area contributed by atoms with Gasteiger partial charge in [-0.2, -0.15) is 0 Å². The van der Waals surface area contributed by atoms with Gasteiger partial charge in [0.2, 0.25) is 0 Å². The summed E-state index contributed by atoms with van der Waals surface area (Å²) in [5.74, 6) is 0.636. The number of rotatable bonds is 5. The van der Waals surface area contributed by atoms with E-state index in [1.807, 2.05) is 11.3 Å². The van der Waals surface area contributed by atoms with Crippen LogP contribution in [0.5, 0.6) is 0 Å². The van der Waals surface area contributed by atoms with Crippen molar-refractivity contribution in [2.75, 3.05) is 0 Å². The first-order valence-corrected chi connectivity index (χ1v) is 7.32. The van der Waals surface area contributed by atoms with Crippen LogP contribution in [0.15, 0.2) is 6.07 Å². The van der Waals surface area contributed by atoms with Crippen LogP contribution < -0.4 is 0 Å². The molecule has 1 nitrogen and oxygen atoms in total. The molecule has 0 saturated carbocycles. The Morgan fingerprint density at radius 1 is 1.44 bits per heavy atom. The zero-order valence-electron chi connectivity index (χ0n) is 10.3. The SMILES string of the molecule is CCCC(C)CC(O)c1cc2c(s1)CCC2. The maximum absolute atomic E-state index is 10.2. The molecule has 1 heterocycles. The quantitative estimate of drug-likeness (QED) is 0.819. The average Bonchev–Trinajstić information content (AvgIpc) is 2.76. The van der Waals surface area contributed by atoms with E-state index in [2.05, 4.69) is 19.9 Å². The van der Waals surface area contributed by atoms with Crippen LogP contribution in [0.25, 0.3) is 0 Å². The molecule has 2 rings (SSSR count). The summed E-state index contributed by atoms with van der Waals surface area (Å²) >= 11 is 1.84. The molecule has 2 heteroatoms. The third-order valence-electron chi connectivity index (χ3n) is 3.50. The normalized spacial score (nSPS) is 18.4. The molecule has 90 valence electrons. The standard InChI is InChI=1S/C14H22OS/c1-3-5-10(2)8-12(15)14-9-11-6-4-7-13(11)16-14/h9-10,12,15H,3-8H2,1-2H3. The van der Waals surface area contributed by atoms with Crippen molar-refractivity contribution in [1.82, 2.24) is 0 Å². The molecule has 2 unspecified atom stereocenters. The van der Waals surface area contributed by atoms with E-state index in [-0.39, 0.29) is 6.10 Å². The fraction of sp³-hybridized carbons (Fsp3) is 0.714. The Labute approximate surface area is 103 Å². The highest BCUT2D eigenvalue weighted by Gasteiger charge is 2.19. The third kappa shape index (κ3) is 2.67. The van der Waals surface area contributed by atoms with E-state index in [1.54, 1.807) is 0 Å². The Hall–Kier alpha value is -0.340. The summed E-state index contributed by atoms with van der Waals surface area (Å²) < 4.78 is 0. The number of fused-ring (bicyclic) bond motifs is 1. The van der Waals surface area contributed by atoms with Crippen molar-refractivity contribution in [1.29, 1.82) is 0 Å². The van der Waals surface area contributed by atoms with E-state index in [0.29, 0.717) is 5.92 Å². The highest BCUT2D eigenvalue weighted by molar-refractivity contribution is 7.12. The minimum Gasteiger partial charge on any atom is -0.388 e. The van der Waals surface area contributed by atoms with Gasteiger partial charge in [-0.25, -0.2) is 0 Å². The van der Waals surface area contributed by atoms with Gasteiger partial charge in [0.15, 0.2) is 0 Å². The van der Waals surface area contributed by atoms with Crippen molar-refractivity contribution in [3.63, 3.8) is 0 Å². The predicted octanol–water partition coefficient (Wildman–Crippen LogP) is 4.10. The van der Waals surface area contributed by atoms with Gasteiger partial charge in [0.1, 0.15) is 0 Å². The molecule has 1 aromatic heterocycles. The lowest BCUT2D eigenvalue weighted by Gasteiger charge is -2.14. The van der Waals surface area contributed by atoms with Crippen LogP contribution >= 0.6 is 11.3 Å². The van der Waals surface area contributed by atoms with Gasteiger partial charge in [-0.1, -0.05) is 26.7 Å². The molecule has 0 aromatic carbocycles. The molecule has 0 saturated heterocycles. The molecular formula is C14H22OS. The van der Waals surface area contributed by atoms with E-state index in [4.69, 9.17) is 0 Å². The van der Waals surface area contributed by atoms with Crippen LogP contribution in [0.3, 0.4) is 0 Å². The lowest BCUT2D eigenvalue weighted by atomic mass is 9.98. The van der Waals surface area contributed by atoms with Crippen molar-refractivity contribution in [3.05, 3.63) is 21.4 Å². The number of aliphatic hydroxyl groups is 1. The minimum atomic E-state index is -0.225. The van der Waals surface area contributed by atoms with Gasteiger partial charge in [-0.3, -0.25) is 0 Å².